The van der Waals surface area contributed by atoms with Crippen molar-refractivity contribution in [2.75, 3.05) is 12.3 Å². The number of ether oxygens (including phenoxy) is 1. The fourth-order valence-electron chi connectivity index (χ4n) is 3.68. The van der Waals surface area contributed by atoms with Gasteiger partial charge < -0.3 is 16.2 Å². The average molecular weight is 418 g/mol. The van der Waals surface area contributed by atoms with Crippen molar-refractivity contribution < 1.29 is 9.13 Å². The molecule has 0 radical (unpaired) electrons. The van der Waals surface area contributed by atoms with E-state index in [2.05, 4.69) is 19.9 Å². The summed E-state index contributed by atoms with van der Waals surface area (Å²) in [5.41, 5.74) is 17.0. The second-order valence-corrected chi connectivity index (χ2v) is 7.14. The highest BCUT2D eigenvalue weighted by atomic mass is 19.1. The van der Waals surface area contributed by atoms with Gasteiger partial charge in [-0.05, 0) is 49.9 Å². The molecule has 7 nitrogen and oxygen atoms in total. The molecular weight excluding hydrogens is 395 g/mol. The number of hydrogen-bond acceptors (Lipinski definition) is 7. The van der Waals surface area contributed by atoms with Gasteiger partial charge in [-0.15, -0.1) is 0 Å². The molecule has 0 fully saturated rings. The summed E-state index contributed by atoms with van der Waals surface area (Å²) in [6, 6.07) is 6.32. The van der Waals surface area contributed by atoms with E-state index in [0.29, 0.717) is 41.4 Å². The number of rotatable bonds is 1. The normalized spacial score (nSPS) is 18.5. The Morgan fingerprint density at radius 1 is 1.23 bits per heavy atom. The van der Waals surface area contributed by atoms with Crippen LogP contribution in [0.15, 0.2) is 59.6 Å². The molecule has 4 rings (SSSR count). The number of nitrogen functional groups attached to an aromatic ring is 1. The van der Waals surface area contributed by atoms with Crippen molar-refractivity contribution in [3.05, 3.63) is 77.3 Å². The van der Waals surface area contributed by atoms with Crippen LogP contribution < -0.4 is 16.2 Å². The van der Waals surface area contributed by atoms with Gasteiger partial charge >= 0.3 is 0 Å². The summed E-state index contributed by atoms with van der Waals surface area (Å²) in [7, 11) is 0. The van der Waals surface area contributed by atoms with Crippen LogP contribution in [0, 0.1) is 5.82 Å². The first-order valence-electron chi connectivity index (χ1n) is 9.99. The minimum Gasteiger partial charge on any atom is -0.482 e. The van der Waals surface area contributed by atoms with Gasteiger partial charge in [0.2, 0.25) is 0 Å². The highest BCUT2D eigenvalue weighted by Crippen LogP contribution is 2.35. The van der Waals surface area contributed by atoms with Crippen LogP contribution in [0.2, 0.25) is 0 Å². The molecule has 0 saturated heterocycles. The Morgan fingerprint density at radius 2 is 2.03 bits per heavy atom. The SMILES string of the molecule is CCN=C1C(=CN)Cc2nccnc2-c2ccc(F)cc2C(C)Oc2cc1cnc2N. The first-order valence-corrected chi connectivity index (χ1v) is 9.99. The number of benzene rings is 1. The summed E-state index contributed by atoms with van der Waals surface area (Å²) >= 11 is 0. The number of hydrogen-bond donors (Lipinski definition) is 2. The monoisotopic (exact) mass is 418 g/mol. The van der Waals surface area contributed by atoms with Crippen molar-refractivity contribution >= 4 is 11.5 Å². The predicted octanol–water partition coefficient (Wildman–Crippen LogP) is 3.61. The Balaban J connectivity index is 2.01. The number of nitrogens with two attached hydrogens (primary N) is 2. The predicted molar refractivity (Wildman–Crippen MR) is 118 cm³/mol. The van der Waals surface area contributed by atoms with E-state index in [-0.39, 0.29) is 11.6 Å². The second-order valence-electron chi connectivity index (χ2n) is 7.14. The summed E-state index contributed by atoms with van der Waals surface area (Å²) in [6.45, 7) is 4.33. The molecular formula is C23H23FN6O. The fraction of sp³-hybridized carbons (Fsp3) is 0.217. The first-order chi connectivity index (χ1) is 15.0. The molecule has 1 aliphatic rings. The number of anilines is 1. The van der Waals surface area contributed by atoms with Crippen LogP contribution >= 0.6 is 0 Å². The molecule has 0 saturated carbocycles. The quantitative estimate of drug-likeness (QED) is 0.624. The standard InChI is InChI=1S/C23H23FN6O/c1-3-27-21-14(11-25)8-19-22(29-7-6-28-19)17-5-4-16(24)10-18(17)13(2)31-20-9-15(21)12-30-23(20)26/h4-7,9-13H,3,8,25H2,1-2H3,(H2,26,30). The van der Waals surface area contributed by atoms with Crippen LogP contribution in [-0.2, 0) is 6.42 Å². The molecule has 1 atom stereocenters. The highest BCUT2D eigenvalue weighted by Gasteiger charge is 2.23. The van der Waals surface area contributed by atoms with E-state index in [1.165, 1.54) is 18.3 Å². The lowest BCUT2D eigenvalue weighted by Gasteiger charge is -2.22. The van der Waals surface area contributed by atoms with E-state index in [9.17, 15) is 4.39 Å². The summed E-state index contributed by atoms with van der Waals surface area (Å²) in [5, 5.41) is 0. The van der Waals surface area contributed by atoms with Crippen molar-refractivity contribution in [1.29, 1.82) is 0 Å². The molecule has 2 bridgehead atoms. The van der Waals surface area contributed by atoms with Gasteiger partial charge in [-0.1, -0.05) is 0 Å². The van der Waals surface area contributed by atoms with Gasteiger partial charge in [-0.2, -0.15) is 0 Å². The third kappa shape index (κ3) is 3.96. The second kappa shape index (κ2) is 8.51. The van der Waals surface area contributed by atoms with E-state index < -0.39 is 6.10 Å². The van der Waals surface area contributed by atoms with Gasteiger partial charge in [-0.25, -0.2) is 9.37 Å². The number of allylic oxidation sites excluding steroid dienone is 1. The van der Waals surface area contributed by atoms with E-state index in [4.69, 9.17) is 16.2 Å². The molecule has 0 aliphatic carbocycles. The third-order valence-electron chi connectivity index (χ3n) is 5.12. The van der Waals surface area contributed by atoms with Crippen LogP contribution in [0.4, 0.5) is 10.2 Å². The molecule has 1 aromatic carbocycles. The van der Waals surface area contributed by atoms with Gasteiger partial charge in [0.15, 0.2) is 11.6 Å². The lowest BCUT2D eigenvalue weighted by molar-refractivity contribution is 0.227. The molecule has 1 aliphatic heterocycles. The molecule has 0 spiro atoms. The van der Waals surface area contributed by atoms with Crippen LogP contribution in [0.5, 0.6) is 5.75 Å². The molecule has 3 aromatic rings. The van der Waals surface area contributed by atoms with Crippen molar-refractivity contribution in [2.45, 2.75) is 26.4 Å². The van der Waals surface area contributed by atoms with Gasteiger partial charge in [-0.3, -0.25) is 15.0 Å². The number of pyridine rings is 1. The highest BCUT2D eigenvalue weighted by molar-refractivity contribution is 6.13. The molecule has 3 heterocycles. The van der Waals surface area contributed by atoms with Gasteiger partial charge in [0.1, 0.15) is 11.9 Å². The van der Waals surface area contributed by atoms with Crippen molar-refractivity contribution in [3.8, 4) is 17.0 Å². The largest absolute Gasteiger partial charge is 0.482 e. The molecule has 8 heteroatoms. The van der Waals surface area contributed by atoms with Gasteiger partial charge in [0.05, 0.1) is 17.1 Å². The number of aliphatic imine (C=N–C) groups is 1. The van der Waals surface area contributed by atoms with E-state index >= 15 is 0 Å². The summed E-state index contributed by atoms with van der Waals surface area (Å²) in [5.74, 6) is 0.256. The summed E-state index contributed by atoms with van der Waals surface area (Å²) in [4.78, 5) is 18.0. The Kier molecular flexibility index (Phi) is 5.62. The zero-order valence-electron chi connectivity index (χ0n) is 17.3. The third-order valence-corrected chi connectivity index (χ3v) is 5.12. The molecule has 1 unspecified atom stereocenters. The van der Waals surface area contributed by atoms with E-state index in [1.807, 2.05) is 13.8 Å². The number of halogens is 1. The maximum absolute atomic E-state index is 14.2. The van der Waals surface area contributed by atoms with Gasteiger partial charge in [0.25, 0.3) is 0 Å². The first kappa shape index (κ1) is 20.5. The number of fused-ring (bicyclic) bond motifs is 5. The summed E-state index contributed by atoms with van der Waals surface area (Å²) < 4.78 is 20.3. The van der Waals surface area contributed by atoms with Gasteiger partial charge in [0, 0.05) is 48.2 Å². The van der Waals surface area contributed by atoms with Crippen LogP contribution in [0.25, 0.3) is 11.3 Å². The number of nitrogens with zero attached hydrogens (tertiary/aromatic N) is 4. The molecule has 2 aromatic heterocycles. The zero-order valence-corrected chi connectivity index (χ0v) is 17.3. The average Bonchev–Trinajstić information content (AvgIpc) is 2.77. The Hall–Kier alpha value is -3.81. The minimum atomic E-state index is -0.518. The Labute approximate surface area is 179 Å². The maximum atomic E-state index is 14.2. The van der Waals surface area contributed by atoms with Crippen molar-refractivity contribution in [3.63, 3.8) is 0 Å². The molecule has 0 amide bonds. The Bertz CT molecular complexity index is 1190. The Morgan fingerprint density at radius 3 is 2.81 bits per heavy atom. The van der Waals surface area contributed by atoms with Crippen LogP contribution in [0.3, 0.4) is 0 Å². The van der Waals surface area contributed by atoms with E-state index in [0.717, 1.165) is 16.7 Å². The topological polar surface area (TPSA) is 112 Å². The minimum absolute atomic E-state index is 0.236. The van der Waals surface area contributed by atoms with Crippen molar-refractivity contribution in [2.24, 2.45) is 10.7 Å². The van der Waals surface area contributed by atoms with Crippen LogP contribution in [0.1, 0.15) is 36.8 Å². The zero-order chi connectivity index (χ0) is 22.0. The van der Waals surface area contributed by atoms with Crippen molar-refractivity contribution in [1.82, 2.24) is 15.0 Å². The lowest BCUT2D eigenvalue weighted by atomic mass is 9.94. The fourth-order valence-corrected chi connectivity index (χ4v) is 3.68. The lowest BCUT2D eigenvalue weighted by Crippen LogP contribution is -2.16. The summed E-state index contributed by atoms with van der Waals surface area (Å²) in [6.07, 6.45) is 6.27. The maximum Gasteiger partial charge on any atom is 0.166 e. The van der Waals surface area contributed by atoms with E-state index in [1.54, 1.807) is 30.7 Å². The molecule has 158 valence electrons. The smallest absolute Gasteiger partial charge is 0.166 e. The molecule has 4 N–H and O–H groups in total. The van der Waals surface area contributed by atoms with Crippen LogP contribution in [-0.4, -0.2) is 27.2 Å². The number of aromatic nitrogens is 3. The molecule has 31 heavy (non-hydrogen) atoms.